The van der Waals surface area contributed by atoms with E-state index >= 15 is 0 Å². The predicted molar refractivity (Wildman–Crippen MR) is 124 cm³/mol. The highest BCUT2D eigenvalue weighted by atomic mass is 32.1. The minimum absolute atomic E-state index is 0.0313. The molecule has 0 radical (unpaired) electrons. The monoisotopic (exact) mass is 464 g/mol. The van der Waals surface area contributed by atoms with E-state index in [1.165, 1.54) is 51.8 Å². The first kappa shape index (κ1) is 20.5. The van der Waals surface area contributed by atoms with Gasteiger partial charge in [0.1, 0.15) is 5.82 Å². The van der Waals surface area contributed by atoms with E-state index in [0.717, 1.165) is 21.3 Å². The molecule has 0 aliphatic carbocycles. The number of fused-ring (bicyclic) bond motifs is 1. The van der Waals surface area contributed by atoms with Gasteiger partial charge in [-0.05, 0) is 60.2 Å². The number of thiazole rings is 1. The number of aryl methyl sites for hydroxylation is 2. The summed E-state index contributed by atoms with van der Waals surface area (Å²) in [6.45, 7) is 3.93. The van der Waals surface area contributed by atoms with Crippen LogP contribution >= 0.6 is 22.7 Å². The zero-order chi connectivity index (χ0) is 22.6. The van der Waals surface area contributed by atoms with E-state index in [1.54, 1.807) is 17.5 Å². The molecular weight excluding hydrogens is 447 g/mol. The van der Waals surface area contributed by atoms with E-state index in [-0.39, 0.29) is 5.57 Å². The average Bonchev–Trinajstić information content (AvgIpc) is 3.48. The highest BCUT2D eigenvalue weighted by Crippen LogP contribution is 2.44. The second kappa shape index (κ2) is 7.65. The number of carbonyl (C=O) groups is 2. The summed E-state index contributed by atoms with van der Waals surface area (Å²) in [7, 11) is 0. The number of rotatable bonds is 4. The zero-order valence-electron chi connectivity index (χ0n) is 17.1. The second-order valence-corrected chi connectivity index (χ2v) is 9.58. The molecule has 3 heterocycles. The van der Waals surface area contributed by atoms with Gasteiger partial charge in [0.05, 0.1) is 26.7 Å². The van der Waals surface area contributed by atoms with Crippen molar-refractivity contribution >= 4 is 49.7 Å². The van der Waals surface area contributed by atoms with Crippen molar-refractivity contribution in [2.75, 3.05) is 4.90 Å². The van der Waals surface area contributed by atoms with Gasteiger partial charge in [0.25, 0.3) is 5.91 Å². The van der Waals surface area contributed by atoms with Crippen LogP contribution in [-0.4, -0.2) is 21.8 Å². The van der Waals surface area contributed by atoms with Crippen molar-refractivity contribution in [2.24, 2.45) is 0 Å². The van der Waals surface area contributed by atoms with Crippen LogP contribution in [0.4, 0.5) is 9.52 Å². The molecule has 0 fully saturated rings. The van der Waals surface area contributed by atoms with Crippen LogP contribution in [0.1, 0.15) is 32.4 Å². The summed E-state index contributed by atoms with van der Waals surface area (Å²) in [6.07, 6.45) is 0. The average molecular weight is 465 g/mol. The second-order valence-electron chi connectivity index (χ2n) is 7.62. The molecular formula is C24H17FN2O3S2. The molecule has 0 saturated carbocycles. The maximum Gasteiger partial charge on any atom is 0.296 e. The molecule has 4 aromatic rings. The Hall–Kier alpha value is -3.36. The van der Waals surface area contributed by atoms with Crippen molar-refractivity contribution < 1.29 is 19.1 Å². The number of benzene rings is 2. The number of nitrogens with zero attached hydrogens (tertiary/aromatic N) is 2. The number of carbonyl (C=O) groups excluding carboxylic acids is 2. The number of hydrogen-bond donors (Lipinski definition) is 1. The summed E-state index contributed by atoms with van der Waals surface area (Å²) in [5.41, 5.74) is 3.29. The Morgan fingerprint density at radius 3 is 2.59 bits per heavy atom. The van der Waals surface area contributed by atoms with E-state index in [4.69, 9.17) is 0 Å². The third-order valence-corrected chi connectivity index (χ3v) is 7.28. The normalized spacial score (nSPS) is 16.4. The summed E-state index contributed by atoms with van der Waals surface area (Å²) >= 11 is 2.54. The lowest BCUT2D eigenvalue weighted by molar-refractivity contribution is -0.117. The van der Waals surface area contributed by atoms with Crippen LogP contribution in [0.5, 0.6) is 0 Å². The molecule has 1 amide bonds. The van der Waals surface area contributed by atoms with Gasteiger partial charge in [-0.1, -0.05) is 35.6 Å². The number of anilines is 1. The molecule has 1 atom stereocenters. The largest absolute Gasteiger partial charge is 0.503 e. The van der Waals surface area contributed by atoms with E-state index in [2.05, 4.69) is 4.98 Å². The van der Waals surface area contributed by atoms with Crippen molar-refractivity contribution in [1.29, 1.82) is 0 Å². The predicted octanol–water partition coefficient (Wildman–Crippen LogP) is 5.90. The Kier molecular flexibility index (Phi) is 4.91. The summed E-state index contributed by atoms with van der Waals surface area (Å²) in [4.78, 5) is 32.9. The van der Waals surface area contributed by atoms with Crippen molar-refractivity contribution in [3.8, 4) is 0 Å². The van der Waals surface area contributed by atoms with E-state index in [0.29, 0.717) is 15.6 Å². The molecule has 160 valence electrons. The third kappa shape index (κ3) is 3.23. The first-order valence-electron chi connectivity index (χ1n) is 9.83. The summed E-state index contributed by atoms with van der Waals surface area (Å²) < 4.78 is 14.5. The minimum atomic E-state index is -0.917. The fraction of sp³-hybridized carbons (Fsp3) is 0.125. The van der Waals surface area contributed by atoms with Crippen LogP contribution in [-0.2, 0) is 4.79 Å². The van der Waals surface area contributed by atoms with Gasteiger partial charge in [-0.15, -0.1) is 11.3 Å². The minimum Gasteiger partial charge on any atom is -0.503 e. The zero-order valence-corrected chi connectivity index (χ0v) is 18.8. The molecule has 8 heteroatoms. The molecule has 5 nitrogen and oxygen atoms in total. The van der Waals surface area contributed by atoms with Crippen molar-refractivity contribution in [2.45, 2.75) is 19.9 Å². The lowest BCUT2D eigenvalue weighted by atomic mass is 9.95. The van der Waals surface area contributed by atoms with Gasteiger partial charge in [-0.25, -0.2) is 9.37 Å². The maximum absolute atomic E-state index is 13.6. The standard InChI is InChI=1S/C24H17FN2O3S2/c1-12-10-13(2)19-17(11-12)32-24(26-19)27-20(14-5-7-15(25)8-6-14)18(22(29)23(27)30)21(28)16-4-3-9-31-16/h3-11,20,29H,1-2H3/t20-/m1/s1. The van der Waals surface area contributed by atoms with Crippen LogP contribution in [0.25, 0.3) is 10.2 Å². The highest BCUT2D eigenvalue weighted by Gasteiger charge is 2.46. The van der Waals surface area contributed by atoms with Crippen LogP contribution in [0.3, 0.4) is 0 Å². The molecule has 2 aromatic heterocycles. The Morgan fingerprint density at radius 1 is 1.16 bits per heavy atom. The van der Waals surface area contributed by atoms with E-state index in [9.17, 15) is 19.1 Å². The molecule has 0 spiro atoms. The van der Waals surface area contributed by atoms with Gasteiger partial charge in [-0.2, -0.15) is 0 Å². The molecule has 1 aliphatic rings. The Morgan fingerprint density at radius 2 is 1.91 bits per heavy atom. The van der Waals surface area contributed by atoms with Crippen LogP contribution in [0, 0.1) is 19.7 Å². The lowest BCUT2D eigenvalue weighted by Crippen LogP contribution is -2.30. The first-order chi connectivity index (χ1) is 15.3. The van der Waals surface area contributed by atoms with Gasteiger partial charge in [-0.3, -0.25) is 14.5 Å². The van der Waals surface area contributed by atoms with Crippen molar-refractivity contribution in [3.63, 3.8) is 0 Å². The number of amides is 1. The van der Waals surface area contributed by atoms with Crippen molar-refractivity contribution in [3.05, 3.63) is 92.6 Å². The number of ketones is 1. The summed E-state index contributed by atoms with van der Waals surface area (Å²) in [5.74, 6) is -2.18. The number of Topliss-reactive ketones (excluding diaryl/α,β-unsaturated/α-hetero) is 1. The number of thiophene rings is 1. The Bertz CT molecular complexity index is 1410. The van der Waals surface area contributed by atoms with Gasteiger partial charge >= 0.3 is 0 Å². The Labute approximate surface area is 191 Å². The molecule has 5 rings (SSSR count). The number of aromatic nitrogens is 1. The van der Waals surface area contributed by atoms with Gasteiger partial charge < -0.3 is 5.11 Å². The van der Waals surface area contributed by atoms with Crippen LogP contribution in [0.15, 0.2) is 65.2 Å². The fourth-order valence-corrected chi connectivity index (χ4v) is 5.84. The number of hydrogen-bond acceptors (Lipinski definition) is 6. The molecule has 1 aliphatic heterocycles. The topological polar surface area (TPSA) is 70.5 Å². The molecule has 0 saturated heterocycles. The molecule has 0 unspecified atom stereocenters. The number of halogens is 1. The smallest absolute Gasteiger partial charge is 0.296 e. The highest BCUT2D eigenvalue weighted by molar-refractivity contribution is 7.22. The number of aliphatic hydroxyl groups excluding tert-OH is 1. The molecule has 2 aromatic carbocycles. The lowest BCUT2D eigenvalue weighted by Gasteiger charge is -2.24. The maximum atomic E-state index is 13.6. The quantitative estimate of drug-likeness (QED) is 0.382. The van der Waals surface area contributed by atoms with Gasteiger partial charge in [0.15, 0.2) is 10.9 Å². The SMILES string of the molecule is Cc1cc(C)c2nc(N3C(=O)C(O)=C(C(=O)c4cccs4)[C@H]3c3ccc(F)cc3)sc2c1. The molecule has 1 N–H and O–H groups in total. The fourth-order valence-electron chi connectivity index (χ4n) is 4.00. The van der Waals surface area contributed by atoms with Crippen molar-refractivity contribution in [1.82, 2.24) is 4.98 Å². The van der Waals surface area contributed by atoms with Gasteiger partial charge in [0.2, 0.25) is 5.78 Å². The molecule has 32 heavy (non-hydrogen) atoms. The number of aliphatic hydroxyl groups is 1. The van der Waals surface area contributed by atoms with Crippen LogP contribution < -0.4 is 4.90 Å². The van der Waals surface area contributed by atoms with Gasteiger partial charge in [0, 0.05) is 0 Å². The molecule has 0 bridgehead atoms. The first-order valence-corrected chi connectivity index (χ1v) is 11.5. The van der Waals surface area contributed by atoms with Crippen LogP contribution in [0.2, 0.25) is 0 Å². The third-order valence-electron chi connectivity index (χ3n) is 5.41. The van der Waals surface area contributed by atoms with E-state index in [1.807, 2.05) is 26.0 Å². The van der Waals surface area contributed by atoms with E-state index < -0.39 is 29.3 Å². The summed E-state index contributed by atoms with van der Waals surface area (Å²) in [5, 5.41) is 12.9. The Balaban J connectivity index is 1.70. The summed E-state index contributed by atoms with van der Waals surface area (Å²) in [6, 6.07) is 12.0.